The third-order valence-electron chi connectivity index (χ3n) is 3.91. The van der Waals surface area contributed by atoms with E-state index in [-0.39, 0.29) is 30.0 Å². The van der Waals surface area contributed by atoms with Gasteiger partial charge < -0.3 is 5.32 Å². The lowest BCUT2D eigenvalue weighted by atomic mass is 10.2. The van der Waals surface area contributed by atoms with Gasteiger partial charge in [-0.2, -0.15) is 5.10 Å². The first-order valence-electron chi connectivity index (χ1n) is 7.44. The number of likely N-dealkylation sites (N-methyl/N-ethyl adjacent to an activating group) is 1. The second kappa shape index (κ2) is 6.65. The van der Waals surface area contributed by atoms with E-state index >= 15 is 0 Å². The van der Waals surface area contributed by atoms with Crippen LogP contribution in [0.1, 0.15) is 6.42 Å². The molecule has 1 amide bonds. The first-order valence-corrected chi connectivity index (χ1v) is 9.27. The normalized spacial score (nSPS) is 19.5. The van der Waals surface area contributed by atoms with Gasteiger partial charge in [0.15, 0.2) is 15.7 Å². The summed E-state index contributed by atoms with van der Waals surface area (Å²) >= 11 is 0. The van der Waals surface area contributed by atoms with Gasteiger partial charge in [-0.25, -0.2) is 23.1 Å². The van der Waals surface area contributed by atoms with Crippen LogP contribution in [0.25, 0.3) is 5.82 Å². The highest BCUT2D eigenvalue weighted by molar-refractivity contribution is 7.91. The minimum absolute atomic E-state index is 0.103. The molecule has 9 nitrogen and oxygen atoms in total. The number of aromatic nitrogens is 4. The van der Waals surface area contributed by atoms with Crippen LogP contribution in [0.5, 0.6) is 0 Å². The number of anilines is 1. The molecule has 3 rings (SSSR count). The molecule has 0 aromatic carbocycles. The molecule has 3 heterocycles. The number of pyridine rings is 1. The molecule has 0 radical (unpaired) electrons. The molecular weight excluding hydrogens is 332 g/mol. The smallest absolute Gasteiger partial charge is 0.238 e. The number of hydrogen-bond donors (Lipinski definition) is 1. The Morgan fingerprint density at radius 3 is 2.88 bits per heavy atom. The maximum Gasteiger partial charge on any atom is 0.238 e. The van der Waals surface area contributed by atoms with Crippen molar-refractivity contribution in [3.63, 3.8) is 0 Å². The lowest BCUT2D eigenvalue weighted by molar-refractivity contribution is -0.117. The molecule has 10 heteroatoms. The molecule has 24 heavy (non-hydrogen) atoms. The molecular formula is C14H18N6O3S. The fraction of sp³-hybridized carbons (Fsp3) is 0.429. The highest BCUT2D eigenvalue weighted by Crippen LogP contribution is 2.16. The van der Waals surface area contributed by atoms with E-state index in [1.807, 2.05) is 0 Å². The van der Waals surface area contributed by atoms with E-state index in [1.54, 1.807) is 24.1 Å². The highest BCUT2D eigenvalue weighted by Gasteiger charge is 2.31. The summed E-state index contributed by atoms with van der Waals surface area (Å²) in [6, 6.07) is 3.34. The first-order chi connectivity index (χ1) is 11.4. The van der Waals surface area contributed by atoms with Crippen LogP contribution < -0.4 is 5.32 Å². The first kappa shape index (κ1) is 16.5. The summed E-state index contributed by atoms with van der Waals surface area (Å²) in [5.41, 5.74) is 0.566. The Bertz CT molecular complexity index is 804. The van der Waals surface area contributed by atoms with E-state index in [0.717, 1.165) is 0 Å². The maximum atomic E-state index is 12.1. The van der Waals surface area contributed by atoms with Crippen LogP contribution in [-0.4, -0.2) is 70.1 Å². The molecule has 2 aromatic heterocycles. The van der Waals surface area contributed by atoms with E-state index in [0.29, 0.717) is 17.9 Å². The number of nitrogens with one attached hydrogen (secondary N) is 1. The van der Waals surface area contributed by atoms with Gasteiger partial charge in [0.2, 0.25) is 5.91 Å². The van der Waals surface area contributed by atoms with Gasteiger partial charge >= 0.3 is 0 Å². The summed E-state index contributed by atoms with van der Waals surface area (Å²) in [7, 11) is -1.20. The molecule has 0 bridgehead atoms. The number of amides is 1. The van der Waals surface area contributed by atoms with E-state index in [1.165, 1.54) is 23.5 Å². The number of carbonyl (C=O) groups is 1. The van der Waals surface area contributed by atoms with Crippen molar-refractivity contribution in [3.8, 4) is 5.82 Å². The molecule has 1 saturated heterocycles. The van der Waals surface area contributed by atoms with Crippen LogP contribution >= 0.6 is 0 Å². The number of carbonyl (C=O) groups excluding carboxylic acids is 1. The molecule has 0 saturated carbocycles. The Hall–Kier alpha value is -2.33. The van der Waals surface area contributed by atoms with Crippen LogP contribution in [0.2, 0.25) is 0 Å². The Morgan fingerprint density at radius 1 is 1.46 bits per heavy atom. The fourth-order valence-corrected chi connectivity index (χ4v) is 4.41. The van der Waals surface area contributed by atoms with Crippen molar-refractivity contribution in [2.45, 2.75) is 12.5 Å². The second-order valence-corrected chi connectivity index (χ2v) is 7.99. The van der Waals surface area contributed by atoms with Gasteiger partial charge in [0.25, 0.3) is 0 Å². The van der Waals surface area contributed by atoms with Crippen molar-refractivity contribution in [1.29, 1.82) is 0 Å². The maximum absolute atomic E-state index is 12.1. The fourth-order valence-electron chi connectivity index (χ4n) is 2.60. The molecule has 1 fully saturated rings. The zero-order valence-electron chi connectivity index (χ0n) is 13.2. The summed E-state index contributed by atoms with van der Waals surface area (Å²) in [5.74, 6) is 0.693. The van der Waals surface area contributed by atoms with Crippen LogP contribution in [0.4, 0.5) is 5.69 Å². The van der Waals surface area contributed by atoms with Gasteiger partial charge in [0.1, 0.15) is 12.7 Å². The average Bonchev–Trinajstić information content (AvgIpc) is 3.17. The molecule has 1 unspecified atom stereocenters. The molecule has 2 aromatic rings. The van der Waals surface area contributed by atoms with Gasteiger partial charge in [-0.05, 0) is 25.6 Å². The molecule has 0 aliphatic carbocycles. The Kier molecular flexibility index (Phi) is 4.58. The van der Waals surface area contributed by atoms with Crippen LogP contribution in [0.3, 0.4) is 0 Å². The topological polar surface area (TPSA) is 110 Å². The summed E-state index contributed by atoms with van der Waals surface area (Å²) in [4.78, 5) is 21.9. The van der Waals surface area contributed by atoms with Gasteiger partial charge in [-0.1, -0.05) is 0 Å². The van der Waals surface area contributed by atoms with E-state index in [9.17, 15) is 13.2 Å². The van der Waals surface area contributed by atoms with Crippen molar-refractivity contribution in [2.75, 3.05) is 30.4 Å². The predicted molar refractivity (Wildman–Crippen MR) is 87.5 cm³/mol. The summed E-state index contributed by atoms with van der Waals surface area (Å²) < 4.78 is 24.5. The van der Waals surface area contributed by atoms with Crippen molar-refractivity contribution >= 4 is 21.4 Å². The Labute approximate surface area is 139 Å². The van der Waals surface area contributed by atoms with E-state index in [4.69, 9.17) is 0 Å². The highest BCUT2D eigenvalue weighted by atomic mass is 32.2. The lowest BCUT2D eigenvalue weighted by Crippen LogP contribution is -2.38. The SMILES string of the molecule is CN(CC(=O)Nc1ccc(-n2cncn2)nc1)C1CCS(=O)(=O)C1. The van der Waals surface area contributed by atoms with Crippen LogP contribution in [-0.2, 0) is 14.6 Å². The average molecular weight is 350 g/mol. The van der Waals surface area contributed by atoms with Gasteiger partial charge in [0, 0.05) is 6.04 Å². The van der Waals surface area contributed by atoms with E-state index in [2.05, 4.69) is 20.4 Å². The molecule has 1 aliphatic rings. The van der Waals surface area contributed by atoms with Crippen molar-refractivity contribution in [1.82, 2.24) is 24.6 Å². The molecule has 1 aliphatic heterocycles. The van der Waals surface area contributed by atoms with Gasteiger partial charge in [-0.3, -0.25) is 9.69 Å². The Balaban J connectivity index is 1.55. The van der Waals surface area contributed by atoms with Gasteiger partial charge in [-0.15, -0.1) is 0 Å². The zero-order valence-corrected chi connectivity index (χ0v) is 14.0. The minimum Gasteiger partial charge on any atom is -0.324 e. The zero-order chi connectivity index (χ0) is 17.2. The molecule has 1 atom stereocenters. The quantitative estimate of drug-likeness (QED) is 0.789. The second-order valence-electron chi connectivity index (χ2n) is 5.77. The van der Waals surface area contributed by atoms with Crippen molar-refractivity contribution in [3.05, 3.63) is 31.0 Å². The summed E-state index contributed by atoms with van der Waals surface area (Å²) in [6.07, 6.45) is 5.05. The summed E-state index contributed by atoms with van der Waals surface area (Å²) in [6.45, 7) is 0.130. The predicted octanol–water partition coefficient (Wildman–Crippen LogP) is -0.280. The molecule has 128 valence electrons. The van der Waals surface area contributed by atoms with Crippen LogP contribution in [0, 0.1) is 0 Å². The Morgan fingerprint density at radius 2 is 2.29 bits per heavy atom. The summed E-state index contributed by atoms with van der Waals surface area (Å²) in [5, 5.41) is 6.72. The van der Waals surface area contributed by atoms with Crippen LogP contribution in [0.15, 0.2) is 31.0 Å². The van der Waals surface area contributed by atoms with Crippen molar-refractivity contribution in [2.24, 2.45) is 0 Å². The monoisotopic (exact) mass is 350 g/mol. The third-order valence-corrected chi connectivity index (χ3v) is 5.66. The number of sulfone groups is 1. The molecule has 0 spiro atoms. The number of nitrogens with zero attached hydrogens (tertiary/aromatic N) is 5. The van der Waals surface area contributed by atoms with Crippen molar-refractivity contribution < 1.29 is 13.2 Å². The van der Waals surface area contributed by atoms with Gasteiger partial charge in [0.05, 0.1) is 29.9 Å². The largest absolute Gasteiger partial charge is 0.324 e. The third kappa shape index (κ3) is 3.95. The van der Waals surface area contributed by atoms with E-state index < -0.39 is 9.84 Å². The number of hydrogen-bond acceptors (Lipinski definition) is 7. The standard InChI is InChI=1S/C14H18N6O3S/c1-19(12-4-5-24(22,23)8-12)7-14(21)18-11-2-3-13(16-6-11)20-10-15-9-17-20/h2-3,6,9-10,12H,4-5,7-8H2,1H3,(H,18,21). The number of rotatable bonds is 5. The molecule has 1 N–H and O–H groups in total. The minimum atomic E-state index is -2.96. The lowest BCUT2D eigenvalue weighted by Gasteiger charge is -2.22.